The summed E-state index contributed by atoms with van der Waals surface area (Å²) in [6, 6.07) is 11.4. The normalized spacial score (nSPS) is 19.3. The van der Waals surface area contributed by atoms with E-state index in [0.29, 0.717) is 24.2 Å². The van der Waals surface area contributed by atoms with E-state index in [1.54, 1.807) is 19.4 Å². The van der Waals surface area contributed by atoms with Gasteiger partial charge in [-0.3, -0.25) is 14.8 Å². The quantitative estimate of drug-likeness (QED) is 0.318. The Morgan fingerprint density at radius 3 is 2.78 bits per heavy atom. The number of rotatable bonds is 12. The van der Waals surface area contributed by atoms with Gasteiger partial charge >= 0.3 is 5.97 Å². The number of fused-ring (bicyclic) bond motifs is 1. The molecule has 0 aliphatic carbocycles. The standard InChI is InChI=1S/C29H36FN3O3/c1-36-24-6-8-28-26(19-24)25(11-15-32-28)27(30)7-5-22-12-17-33(20-23(22)18-29(34)35)16-3-2-4-21-9-13-31-14-10-21/h6,8-11,13-15,19,22-23,27H,2-5,7,12,16-18,20H2,1H3,(H,34,35)/t22-,23+,27-/m1/s1. The van der Waals surface area contributed by atoms with E-state index in [9.17, 15) is 9.90 Å². The summed E-state index contributed by atoms with van der Waals surface area (Å²) >= 11 is 0. The molecule has 0 radical (unpaired) electrons. The third-order valence-electron chi connectivity index (χ3n) is 7.46. The van der Waals surface area contributed by atoms with Gasteiger partial charge in [-0.2, -0.15) is 0 Å². The molecule has 0 spiro atoms. The van der Waals surface area contributed by atoms with Gasteiger partial charge in [-0.1, -0.05) is 0 Å². The first-order valence-corrected chi connectivity index (χ1v) is 12.9. The number of carboxylic acids is 1. The third kappa shape index (κ3) is 7.00. The molecule has 1 saturated heterocycles. The fourth-order valence-electron chi connectivity index (χ4n) is 5.47. The molecule has 7 heteroatoms. The molecule has 3 atom stereocenters. The monoisotopic (exact) mass is 493 g/mol. The lowest BCUT2D eigenvalue weighted by atomic mass is 9.79. The summed E-state index contributed by atoms with van der Waals surface area (Å²) in [6.07, 6.45) is 9.51. The SMILES string of the molecule is COc1ccc2nccc([C@H](F)CC[C@@H]3CCN(CCCCc4ccncc4)C[C@@H]3CC(=O)O)c2c1. The number of unbranched alkanes of at least 4 members (excludes halogenated alkanes) is 1. The lowest BCUT2D eigenvalue weighted by Crippen LogP contribution is -2.41. The van der Waals surface area contributed by atoms with Crippen LogP contribution in [0.3, 0.4) is 0 Å². The van der Waals surface area contributed by atoms with E-state index in [1.165, 1.54) is 5.56 Å². The van der Waals surface area contributed by atoms with Gasteiger partial charge in [-0.25, -0.2) is 4.39 Å². The zero-order valence-electron chi connectivity index (χ0n) is 21.0. The fourth-order valence-corrected chi connectivity index (χ4v) is 5.47. The Morgan fingerprint density at radius 2 is 2.00 bits per heavy atom. The van der Waals surface area contributed by atoms with Crippen molar-refractivity contribution in [2.24, 2.45) is 11.8 Å². The van der Waals surface area contributed by atoms with Crippen LogP contribution in [-0.4, -0.2) is 52.7 Å². The topological polar surface area (TPSA) is 75.5 Å². The van der Waals surface area contributed by atoms with Crippen LogP contribution in [0.4, 0.5) is 4.39 Å². The van der Waals surface area contributed by atoms with Crippen molar-refractivity contribution in [2.45, 2.75) is 51.1 Å². The minimum absolute atomic E-state index is 0.0536. The van der Waals surface area contributed by atoms with Crippen molar-refractivity contribution < 1.29 is 19.0 Å². The lowest BCUT2D eigenvalue weighted by molar-refractivity contribution is -0.139. The number of aryl methyl sites for hydroxylation is 1. The number of nitrogens with zero attached hydrogens (tertiary/aromatic N) is 3. The van der Waals surface area contributed by atoms with E-state index in [4.69, 9.17) is 4.74 Å². The molecule has 3 heterocycles. The van der Waals surface area contributed by atoms with Crippen molar-refractivity contribution in [1.29, 1.82) is 0 Å². The number of hydrogen-bond donors (Lipinski definition) is 1. The minimum atomic E-state index is -1.13. The number of alkyl halides is 1. The highest BCUT2D eigenvalue weighted by molar-refractivity contribution is 5.83. The second kappa shape index (κ2) is 12.8. The first-order valence-electron chi connectivity index (χ1n) is 12.9. The van der Waals surface area contributed by atoms with E-state index in [2.05, 4.69) is 27.0 Å². The number of pyridine rings is 2. The van der Waals surface area contributed by atoms with Crippen LogP contribution < -0.4 is 4.74 Å². The Hall–Kier alpha value is -3.06. The second-order valence-corrected chi connectivity index (χ2v) is 9.85. The van der Waals surface area contributed by atoms with Crippen LogP contribution in [0.1, 0.15) is 55.8 Å². The summed E-state index contributed by atoms with van der Waals surface area (Å²) in [4.78, 5) is 22.4. The summed E-state index contributed by atoms with van der Waals surface area (Å²) in [7, 11) is 1.60. The van der Waals surface area contributed by atoms with Crippen LogP contribution in [0.2, 0.25) is 0 Å². The van der Waals surface area contributed by atoms with E-state index >= 15 is 4.39 Å². The maximum absolute atomic E-state index is 15.5. The highest BCUT2D eigenvalue weighted by Crippen LogP contribution is 2.36. The Morgan fingerprint density at radius 1 is 1.17 bits per heavy atom. The van der Waals surface area contributed by atoms with Crippen molar-refractivity contribution in [3.8, 4) is 5.75 Å². The number of methoxy groups -OCH3 is 1. The van der Waals surface area contributed by atoms with Crippen molar-refractivity contribution in [2.75, 3.05) is 26.7 Å². The fraction of sp³-hybridized carbons (Fsp3) is 0.483. The van der Waals surface area contributed by atoms with Gasteiger partial charge in [-0.15, -0.1) is 0 Å². The number of aliphatic carboxylic acids is 1. The first-order chi connectivity index (χ1) is 17.5. The smallest absolute Gasteiger partial charge is 0.303 e. The molecule has 36 heavy (non-hydrogen) atoms. The number of carbonyl (C=O) groups is 1. The largest absolute Gasteiger partial charge is 0.497 e. The molecule has 6 nitrogen and oxygen atoms in total. The minimum Gasteiger partial charge on any atom is -0.497 e. The van der Waals surface area contributed by atoms with Gasteiger partial charge in [0.15, 0.2) is 0 Å². The van der Waals surface area contributed by atoms with Gasteiger partial charge in [0, 0.05) is 36.9 Å². The molecule has 0 amide bonds. The number of benzene rings is 1. The molecule has 1 aromatic carbocycles. The van der Waals surface area contributed by atoms with Gasteiger partial charge in [0.25, 0.3) is 0 Å². The first kappa shape index (κ1) is 26.0. The number of ether oxygens (including phenoxy) is 1. The van der Waals surface area contributed by atoms with Gasteiger partial charge in [0.1, 0.15) is 11.9 Å². The van der Waals surface area contributed by atoms with Crippen molar-refractivity contribution in [1.82, 2.24) is 14.9 Å². The van der Waals surface area contributed by atoms with Crippen molar-refractivity contribution in [3.05, 3.63) is 66.1 Å². The van der Waals surface area contributed by atoms with Gasteiger partial charge in [0.05, 0.1) is 12.6 Å². The molecule has 1 aliphatic rings. The third-order valence-corrected chi connectivity index (χ3v) is 7.46. The van der Waals surface area contributed by atoms with Crippen molar-refractivity contribution >= 4 is 16.9 Å². The number of carboxylic acid groups (broad SMARTS) is 1. The molecule has 1 aliphatic heterocycles. The average Bonchev–Trinajstić information content (AvgIpc) is 2.90. The zero-order chi connectivity index (χ0) is 25.3. The summed E-state index contributed by atoms with van der Waals surface area (Å²) in [5, 5.41) is 10.3. The maximum atomic E-state index is 15.5. The van der Waals surface area contributed by atoms with E-state index in [0.717, 1.165) is 56.2 Å². The molecule has 3 aromatic rings. The van der Waals surface area contributed by atoms with Gasteiger partial charge < -0.3 is 14.7 Å². The molecule has 1 fully saturated rings. The number of aromatic nitrogens is 2. The van der Waals surface area contributed by atoms with Crippen LogP contribution in [0.15, 0.2) is 55.0 Å². The summed E-state index contributed by atoms with van der Waals surface area (Å²) in [5.74, 6) is 0.181. The lowest BCUT2D eigenvalue weighted by Gasteiger charge is -2.38. The van der Waals surface area contributed by atoms with Crippen LogP contribution in [0.25, 0.3) is 10.9 Å². The number of halogens is 1. The molecule has 1 N–H and O–H groups in total. The molecule has 0 unspecified atom stereocenters. The Labute approximate surface area is 212 Å². The van der Waals surface area contributed by atoms with Crippen LogP contribution >= 0.6 is 0 Å². The van der Waals surface area contributed by atoms with Gasteiger partial charge in [0.2, 0.25) is 0 Å². The average molecular weight is 494 g/mol. The summed E-state index contributed by atoms with van der Waals surface area (Å²) < 4.78 is 20.8. The summed E-state index contributed by atoms with van der Waals surface area (Å²) in [5.41, 5.74) is 2.67. The zero-order valence-corrected chi connectivity index (χ0v) is 21.0. The molecule has 2 aromatic heterocycles. The number of piperidine rings is 1. The Bertz CT molecular complexity index is 1130. The van der Waals surface area contributed by atoms with Gasteiger partial charge in [-0.05, 0) is 111 Å². The van der Waals surface area contributed by atoms with E-state index in [1.807, 2.05) is 30.6 Å². The predicted octanol–water partition coefficient (Wildman–Crippen LogP) is 5.86. The Balaban J connectivity index is 1.31. The van der Waals surface area contributed by atoms with Crippen molar-refractivity contribution in [3.63, 3.8) is 0 Å². The van der Waals surface area contributed by atoms with E-state index < -0.39 is 12.1 Å². The highest BCUT2D eigenvalue weighted by Gasteiger charge is 2.31. The second-order valence-electron chi connectivity index (χ2n) is 9.85. The highest BCUT2D eigenvalue weighted by atomic mass is 19.1. The summed E-state index contributed by atoms with van der Waals surface area (Å²) in [6.45, 7) is 2.70. The molecule has 192 valence electrons. The van der Waals surface area contributed by atoms with Crippen LogP contribution in [0, 0.1) is 11.8 Å². The predicted molar refractivity (Wildman–Crippen MR) is 139 cm³/mol. The molecule has 4 rings (SSSR count). The molecular formula is C29H36FN3O3. The molecule has 0 saturated carbocycles. The van der Waals surface area contributed by atoms with Crippen LogP contribution in [0.5, 0.6) is 5.75 Å². The Kier molecular flexibility index (Phi) is 9.23. The molecular weight excluding hydrogens is 457 g/mol. The maximum Gasteiger partial charge on any atom is 0.303 e. The number of likely N-dealkylation sites (tertiary alicyclic amines) is 1. The van der Waals surface area contributed by atoms with Crippen LogP contribution in [-0.2, 0) is 11.2 Å². The number of hydrogen-bond acceptors (Lipinski definition) is 5. The van der Waals surface area contributed by atoms with E-state index in [-0.39, 0.29) is 18.3 Å². The molecule has 0 bridgehead atoms.